The zero-order chi connectivity index (χ0) is 22.1. The number of nitrogens with two attached hydrogens (primary N) is 1. The van der Waals surface area contributed by atoms with Crippen LogP contribution in [0.15, 0.2) is 30.3 Å². The molecule has 0 aliphatic rings. The lowest BCUT2D eigenvalue weighted by atomic mass is 10.1. The van der Waals surface area contributed by atoms with E-state index in [0.29, 0.717) is 0 Å². The predicted octanol–water partition coefficient (Wildman–Crippen LogP) is 2.32. The van der Waals surface area contributed by atoms with Crippen LogP contribution in [0.3, 0.4) is 0 Å². The summed E-state index contributed by atoms with van der Waals surface area (Å²) in [5, 5.41) is 2.33. The van der Waals surface area contributed by atoms with Crippen LogP contribution in [0.1, 0.15) is 19.4 Å². The first kappa shape index (κ1) is 24.6. The Kier molecular flexibility index (Phi) is 9.24. The number of amides is 1. The standard InChI is InChI=1S/C17H21F3N2O6S/c1-11(8-22-15(25)26-9-12-6-4-3-5-7-12)29-10-16(2,21)13(23)27-28-14(24)17(18,19)20/h3-7,11H,8-10,21H2,1-2H3,(H,22,25)/t11-,16?/m1/s1. The van der Waals surface area contributed by atoms with Crippen LogP contribution in [0, 0.1) is 0 Å². The number of hydrogen-bond donors (Lipinski definition) is 2. The van der Waals surface area contributed by atoms with E-state index < -0.39 is 29.7 Å². The van der Waals surface area contributed by atoms with Crippen LogP contribution in [0.4, 0.5) is 18.0 Å². The van der Waals surface area contributed by atoms with Crippen molar-refractivity contribution in [1.29, 1.82) is 0 Å². The average molecular weight is 438 g/mol. The second kappa shape index (κ2) is 10.9. The Hall–Kier alpha value is -2.47. The Bertz CT molecular complexity index is 700. The molecule has 1 aromatic carbocycles. The second-order valence-electron chi connectivity index (χ2n) is 6.22. The highest BCUT2D eigenvalue weighted by Gasteiger charge is 2.44. The first-order chi connectivity index (χ1) is 13.4. The van der Waals surface area contributed by atoms with Gasteiger partial charge in [-0.15, -0.1) is 0 Å². The van der Waals surface area contributed by atoms with Gasteiger partial charge in [-0.25, -0.2) is 24.2 Å². The molecule has 162 valence electrons. The molecule has 0 aliphatic heterocycles. The second-order valence-corrected chi connectivity index (χ2v) is 7.65. The normalized spacial score (nSPS) is 14.3. The summed E-state index contributed by atoms with van der Waals surface area (Å²) in [6.45, 7) is 3.23. The van der Waals surface area contributed by atoms with E-state index in [1.807, 2.05) is 18.2 Å². The summed E-state index contributed by atoms with van der Waals surface area (Å²) in [4.78, 5) is 41.2. The highest BCUT2D eigenvalue weighted by molar-refractivity contribution is 8.00. The Morgan fingerprint density at radius 2 is 1.72 bits per heavy atom. The topological polar surface area (TPSA) is 117 Å². The summed E-state index contributed by atoms with van der Waals surface area (Å²) >= 11 is 1.15. The van der Waals surface area contributed by atoms with E-state index in [0.717, 1.165) is 17.3 Å². The van der Waals surface area contributed by atoms with Crippen molar-refractivity contribution in [2.24, 2.45) is 5.73 Å². The third-order valence-electron chi connectivity index (χ3n) is 3.31. The summed E-state index contributed by atoms with van der Waals surface area (Å²) in [6, 6.07) is 9.07. The molecule has 0 fully saturated rings. The van der Waals surface area contributed by atoms with Crippen molar-refractivity contribution in [1.82, 2.24) is 5.32 Å². The van der Waals surface area contributed by atoms with E-state index in [4.69, 9.17) is 10.5 Å². The zero-order valence-electron chi connectivity index (χ0n) is 15.7. The van der Waals surface area contributed by atoms with Gasteiger partial charge in [0.05, 0.1) is 0 Å². The predicted molar refractivity (Wildman–Crippen MR) is 97.4 cm³/mol. The largest absolute Gasteiger partial charge is 0.495 e. The SMILES string of the molecule is C[C@H](CNC(=O)OCc1ccccc1)SCC(C)(N)C(=O)OOC(=O)C(F)(F)F. The third kappa shape index (κ3) is 9.52. The number of hydrogen-bond acceptors (Lipinski definition) is 8. The number of alkyl carbamates (subject to hydrolysis) is 1. The number of carbonyl (C=O) groups excluding carboxylic acids is 3. The molecule has 29 heavy (non-hydrogen) atoms. The molecule has 0 bridgehead atoms. The molecule has 0 aromatic heterocycles. The molecule has 0 saturated carbocycles. The van der Waals surface area contributed by atoms with Gasteiger partial charge in [0, 0.05) is 17.5 Å². The van der Waals surface area contributed by atoms with Gasteiger partial charge in [0.25, 0.3) is 0 Å². The molecule has 0 saturated heterocycles. The van der Waals surface area contributed by atoms with Crippen LogP contribution >= 0.6 is 11.8 Å². The van der Waals surface area contributed by atoms with Crippen molar-refractivity contribution >= 4 is 29.8 Å². The van der Waals surface area contributed by atoms with E-state index in [9.17, 15) is 27.6 Å². The average Bonchev–Trinajstić information content (AvgIpc) is 2.67. The molecular weight excluding hydrogens is 417 g/mol. The van der Waals surface area contributed by atoms with Gasteiger partial charge in [-0.05, 0) is 12.5 Å². The highest BCUT2D eigenvalue weighted by atomic mass is 32.2. The van der Waals surface area contributed by atoms with Crippen LogP contribution in [0.2, 0.25) is 0 Å². The summed E-state index contributed by atoms with van der Waals surface area (Å²) in [5.41, 5.74) is 4.80. The van der Waals surface area contributed by atoms with Crippen LogP contribution in [-0.2, 0) is 30.7 Å². The van der Waals surface area contributed by atoms with E-state index in [1.54, 1.807) is 19.1 Å². The smallest absolute Gasteiger partial charge is 0.445 e. The summed E-state index contributed by atoms with van der Waals surface area (Å²) < 4.78 is 41.1. The van der Waals surface area contributed by atoms with E-state index in [-0.39, 0.29) is 24.2 Å². The third-order valence-corrected chi connectivity index (χ3v) is 4.81. The summed E-state index contributed by atoms with van der Waals surface area (Å²) in [5.74, 6) is -4.08. The number of nitrogens with one attached hydrogen (secondary N) is 1. The zero-order valence-corrected chi connectivity index (χ0v) is 16.5. The van der Waals surface area contributed by atoms with Gasteiger partial charge in [-0.3, -0.25) is 0 Å². The quantitative estimate of drug-likeness (QED) is 0.469. The summed E-state index contributed by atoms with van der Waals surface area (Å²) in [6.07, 6.45) is -5.93. The lowest BCUT2D eigenvalue weighted by Gasteiger charge is -2.22. The van der Waals surface area contributed by atoms with Gasteiger partial charge < -0.3 is 15.8 Å². The minimum absolute atomic E-state index is 0.0721. The Morgan fingerprint density at radius 1 is 1.14 bits per heavy atom. The summed E-state index contributed by atoms with van der Waals surface area (Å²) in [7, 11) is 0. The van der Waals surface area contributed by atoms with Crippen molar-refractivity contribution in [3.05, 3.63) is 35.9 Å². The molecule has 0 aliphatic carbocycles. The van der Waals surface area contributed by atoms with Gasteiger partial charge in [0.1, 0.15) is 12.1 Å². The molecule has 0 heterocycles. The van der Waals surface area contributed by atoms with Gasteiger partial charge in [-0.2, -0.15) is 24.9 Å². The lowest BCUT2D eigenvalue weighted by molar-refractivity contribution is -0.288. The fourth-order valence-corrected chi connectivity index (χ4v) is 2.60. The Labute approximate surface area is 169 Å². The van der Waals surface area contributed by atoms with Crippen molar-refractivity contribution in [2.75, 3.05) is 12.3 Å². The van der Waals surface area contributed by atoms with Crippen LogP contribution in [0.5, 0.6) is 0 Å². The molecule has 0 radical (unpaired) electrons. The first-order valence-electron chi connectivity index (χ1n) is 8.27. The maximum atomic E-state index is 12.0. The van der Waals surface area contributed by atoms with E-state index in [2.05, 4.69) is 15.1 Å². The fraction of sp³-hybridized carbons (Fsp3) is 0.471. The van der Waals surface area contributed by atoms with Crippen LogP contribution in [-0.4, -0.2) is 47.3 Å². The van der Waals surface area contributed by atoms with Crippen molar-refractivity contribution in [3.63, 3.8) is 0 Å². The van der Waals surface area contributed by atoms with Gasteiger partial charge in [-0.1, -0.05) is 37.3 Å². The number of carbonyl (C=O) groups is 3. The lowest BCUT2D eigenvalue weighted by Crippen LogP contribution is -2.49. The van der Waals surface area contributed by atoms with Crippen molar-refractivity contribution in [2.45, 2.75) is 37.4 Å². The van der Waals surface area contributed by atoms with Gasteiger partial charge in [0.2, 0.25) is 0 Å². The van der Waals surface area contributed by atoms with Crippen molar-refractivity contribution < 1.29 is 42.1 Å². The molecule has 1 rings (SSSR count). The van der Waals surface area contributed by atoms with Crippen molar-refractivity contribution in [3.8, 4) is 0 Å². The Morgan fingerprint density at radius 3 is 2.31 bits per heavy atom. The number of ether oxygens (including phenoxy) is 1. The number of thioether (sulfide) groups is 1. The molecule has 0 spiro atoms. The highest BCUT2D eigenvalue weighted by Crippen LogP contribution is 2.19. The molecule has 1 unspecified atom stereocenters. The maximum Gasteiger partial charge on any atom is 0.495 e. The number of benzene rings is 1. The monoisotopic (exact) mass is 438 g/mol. The molecule has 1 aromatic rings. The molecule has 12 heteroatoms. The van der Waals surface area contributed by atoms with Crippen LogP contribution in [0.25, 0.3) is 0 Å². The fourth-order valence-electron chi connectivity index (χ4n) is 1.65. The maximum absolute atomic E-state index is 12.0. The Balaban J connectivity index is 2.30. The molecule has 1 amide bonds. The number of halogens is 3. The minimum atomic E-state index is -5.30. The minimum Gasteiger partial charge on any atom is -0.445 e. The molecular formula is C17H21F3N2O6S. The molecule has 2 atom stereocenters. The number of alkyl halides is 3. The number of rotatable bonds is 8. The molecule has 8 nitrogen and oxygen atoms in total. The molecule has 3 N–H and O–H groups in total. The first-order valence-corrected chi connectivity index (χ1v) is 9.32. The van der Waals surface area contributed by atoms with Gasteiger partial charge in [0.15, 0.2) is 0 Å². The van der Waals surface area contributed by atoms with Gasteiger partial charge >= 0.3 is 24.2 Å². The van der Waals surface area contributed by atoms with E-state index >= 15 is 0 Å². The van der Waals surface area contributed by atoms with Crippen LogP contribution < -0.4 is 11.1 Å². The van der Waals surface area contributed by atoms with E-state index in [1.165, 1.54) is 6.92 Å².